The fourth-order valence-corrected chi connectivity index (χ4v) is 2.67. The Labute approximate surface area is 165 Å². The molecule has 28 heavy (non-hydrogen) atoms. The van der Waals surface area contributed by atoms with Gasteiger partial charge in [0.15, 0.2) is 0 Å². The molecule has 2 rings (SSSR count). The Morgan fingerprint density at radius 2 is 1.68 bits per heavy atom. The summed E-state index contributed by atoms with van der Waals surface area (Å²) >= 11 is 0. The van der Waals surface area contributed by atoms with E-state index in [-0.39, 0.29) is 37.3 Å². The van der Waals surface area contributed by atoms with Crippen LogP contribution in [-0.2, 0) is 23.9 Å². The second-order valence-corrected chi connectivity index (χ2v) is 6.92. The number of nitrogens with zero attached hydrogens (tertiary/aromatic N) is 1. The van der Waals surface area contributed by atoms with E-state index < -0.39 is 0 Å². The van der Waals surface area contributed by atoms with Crippen LogP contribution in [0.5, 0.6) is 0 Å². The summed E-state index contributed by atoms with van der Waals surface area (Å²) in [5, 5.41) is 2.84. The molecule has 0 saturated carbocycles. The van der Waals surface area contributed by atoms with Gasteiger partial charge in [-0.25, -0.2) is 0 Å². The lowest BCUT2D eigenvalue weighted by atomic mass is 10.0. The SMILES string of the molecule is CC1=CC(=O)N(CCOCCOCCC(=O)Nc2ccc(C(C)C)cc2)C1=O. The summed E-state index contributed by atoms with van der Waals surface area (Å²) in [6.45, 7) is 7.32. The molecule has 0 aromatic heterocycles. The Hall–Kier alpha value is -2.51. The molecule has 0 aliphatic carbocycles. The Morgan fingerprint density at radius 1 is 1.04 bits per heavy atom. The molecule has 1 aromatic rings. The minimum absolute atomic E-state index is 0.104. The Balaban J connectivity index is 1.50. The average molecular weight is 388 g/mol. The second kappa shape index (κ2) is 10.7. The summed E-state index contributed by atoms with van der Waals surface area (Å²) in [5.74, 6) is -0.216. The average Bonchev–Trinajstić information content (AvgIpc) is 2.90. The third kappa shape index (κ3) is 6.58. The largest absolute Gasteiger partial charge is 0.379 e. The molecule has 152 valence electrons. The number of nitrogens with one attached hydrogen (secondary N) is 1. The molecule has 1 aliphatic rings. The number of amides is 3. The lowest BCUT2D eigenvalue weighted by Gasteiger charge is -2.14. The van der Waals surface area contributed by atoms with Crippen molar-refractivity contribution in [2.75, 3.05) is 38.3 Å². The van der Waals surface area contributed by atoms with Crippen LogP contribution < -0.4 is 5.32 Å². The van der Waals surface area contributed by atoms with Gasteiger partial charge in [0.1, 0.15) is 0 Å². The van der Waals surface area contributed by atoms with Gasteiger partial charge in [0.25, 0.3) is 11.8 Å². The summed E-state index contributed by atoms with van der Waals surface area (Å²) in [6.07, 6.45) is 1.59. The zero-order valence-electron chi connectivity index (χ0n) is 16.7. The van der Waals surface area contributed by atoms with Gasteiger partial charge in [-0.3, -0.25) is 19.3 Å². The normalized spacial score (nSPS) is 14.0. The van der Waals surface area contributed by atoms with E-state index in [1.165, 1.54) is 11.6 Å². The van der Waals surface area contributed by atoms with E-state index in [4.69, 9.17) is 9.47 Å². The van der Waals surface area contributed by atoms with Crippen molar-refractivity contribution in [1.29, 1.82) is 0 Å². The number of carbonyl (C=O) groups excluding carboxylic acids is 3. The van der Waals surface area contributed by atoms with E-state index in [1.54, 1.807) is 6.92 Å². The lowest BCUT2D eigenvalue weighted by molar-refractivity contribution is -0.138. The molecule has 0 fully saturated rings. The van der Waals surface area contributed by atoms with E-state index in [9.17, 15) is 14.4 Å². The molecule has 0 unspecified atom stereocenters. The predicted octanol–water partition coefficient (Wildman–Crippen LogP) is 2.49. The van der Waals surface area contributed by atoms with Gasteiger partial charge in [0, 0.05) is 17.3 Å². The molecule has 0 saturated heterocycles. The van der Waals surface area contributed by atoms with Crippen molar-refractivity contribution in [3.8, 4) is 0 Å². The Kier molecular flexibility index (Phi) is 8.35. The molecule has 1 aromatic carbocycles. The van der Waals surface area contributed by atoms with Crippen LogP contribution in [0, 0.1) is 0 Å². The van der Waals surface area contributed by atoms with Crippen molar-refractivity contribution in [3.05, 3.63) is 41.5 Å². The first kappa shape index (κ1) is 21.8. The van der Waals surface area contributed by atoms with Gasteiger partial charge < -0.3 is 14.8 Å². The second-order valence-electron chi connectivity index (χ2n) is 6.92. The molecule has 1 N–H and O–H groups in total. The zero-order valence-corrected chi connectivity index (χ0v) is 16.7. The first-order valence-corrected chi connectivity index (χ1v) is 9.48. The monoisotopic (exact) mass is 388 g/mol. The maximum atomic E-state index is 11.9. The van der Waals surface area contributed by atoms with Crippen LogP contribution in [0.2, 0.25) is 0 Å². The van der Waals surface area contributed by atoms with Crippen molar-refractivity contribution in [2.24, 2.45) is 0 Å². The highest BCUT2D eigenvalue weighted by atomic mass is 16.5. The maximum absolute atomic E-state index is 11.9. The Bertz CT molecular complexity index is 725. The summed E-state index contributed by atoms with van der Waals surface area (Å²) in [4.78, 5) is 36.3. The summed E-state index contributed by atoms with van der Waals surface area (Å²) in [7, 11) is 0. The minimum atomic E-state index is -0.299. The van der Waals surface area contributed by atoms with Crippen LogP contribution in [0.1, 0.15) is 38.7 Å². The van der Waals surface area contributed by atoms with Crippen LogP contribution >= 0.6 is 0 Å². The maximum Gasteiger partial charge on any atom is 0.256 e. The van der Waals surface area contributed by atoms with E-state index in [2.05, 4.69) is 19.2 Å². The quantitative estimate of drug-likeness (QED) is 0.465. The van der Waals surface area contributed by atoms with Gasteiger partial charge in [-0.2, -0.15) is 0 Å². The van der Waals surface area contributed by atoms with Crippen LogP contribution in [0.25, 0.3) is 0 Å². The predicted molar refractivity (Wildman–Crippen MR) is 106 cm³/mol. The number of hydrogen-bond acceptors (Lipinski definition) is 5. The molecule has 7 nitrogen and oxygen atoms in total. The number of rotatable bonds is 11. The number of hydrogen-bond donors (Lipinski definition) is 1. The van der Waals surface area contributed by atoms with Crippen LogP contribution in [0.4, 0.5) is 5.69 Å². The topological polar surface area (TPSA) is 84.9 Å². The molecule has 0 atom stereocenters. The molecular formula is C21H28N2O5. The van der Waals surface area contributed by atoms with Gasteiger partial charge >= 0.3 is 0 Å². The number of imide groups is 1. The van der Waals surface area contributed by atoms with E-state index in [0.29, 0.717) is 31.3 Å². The first-order valence-electron chi connectivity index (χ1n) is 9.48. The van der Waals surface area contributed by atoms with Crippen LogP contribution in [0.15, 0.2) is 35.9 Å². The summed E-state index contributed by atoms with van der Waals surface area (Å²) in [5.41, 5.74) is 2.45. The third-order valence-corrected chi connectivity index (χ3v) is 4.35. The minimum Gasteiger partial charge on any atom is -0.379 e. The smallest absolute Gasteiger partial charge is 0.256 e. The molecule has 1 heterocycles. The highest BCUT2D eigenvalue weighted by Gasteiger charge is 2.27. The third-order valence-electron chi connectivity index (χ3n) is 4.35. The van der Waals surface area contributed by atoms with E-state index in [1.807, 2.05) is 24.3 Å². The summed E-state index contributed by atoms with van der Waals surface area (Å²) in [6, 6.07) is 7.81. The first-order chi connectivity index (χ1) is 13.4. The van der Waals surface area contributed by atoms with Crippen LogP contribution in [-0.4, -0.2) is 55.6 Å². The number of benzene rings is 1. The van der Waals surface area contributed by atoms with E-state index >= 15 is 0 Å². The highest BCUT2D eigenvalue weighted by Crippen LogP contribution is 2.17. The van der Waals surface area contributed by atoms with Crippen molar-refractivity contribution >= 4 is 23.4 Å². The molecule has 1 aliphatic heterocycles. The fourth-order valence-electron chi connectivity index (χ4n) is 2.67. The fraction of sp³-hybridized carbons (Fsp3) is 0.476. The van der Waals surface area contributed by atoms with Crippen molar-refractivity contribution in [3.63, 3.8) is 0 Å². The van der Waals surface area contributed by atoms with Crippen LogP contribution in [0.3, 0.4) is 0 Å². The van der Waals surface area contributed by atoms with Gasteiger partial charge in [-0.15, -0.1) is 0 Å². The van der Waals surface area contributed by atoms with Gasteiger partial charge in [0.05, 0.1) is 39.4 Å². The van der Waals surface area contributed by atoms with E-state index in [0.717, 1.165) is 10.6 Å². The molecular weight excluding hydrogens is 360 g/mol. The number of carbonyl (C=O) groups is 3. The highest BCUT2D eigenvalue weighted by molar-refractivity contribution is 6.15. The number of ether oxygens (including phenoxy) is 2. The number of anilines is 1. The lowest BCUT2D eigenvalue weighted by Crippen LogP contribution is -2.34. The van der Waals surface area contributed by atoms with Gasteiger partial charge in [-0.1, -0.05) is 26.0 Å². The van der Waals surface area contributed by atoms with Crippen molar-refractivity contribution < 1.29 is 23.9 Å². The molecule has 3 amide bonds. The molecule has 7 heteroatoms. The van der Waals surface area contributed by atoms with Crippen molar-refractivity contribution in [2.45, 2.75) is 33.1 Å². The van der Waals surface area contributed by atoms with Gasteiger partial charge in [0.2, 0.25) is 5.91 Å². The Morgan fingerprint density at radius 3 is 2.25 bits per heavy atom. The molecule has 0 radical (unpaired) electrons. The zero-order chi connectivity index (χ0) is 20.5. The standard InChI is InChI=1S/C21H28N2O5/c1-15(2)17-4-6-18(7-5-17)22-19(24)8-10-27-12-13-28-11-9-23-20(25)14-16(3)21(23)26/h4-7,14-15H,8-13H2,1-3H3,(H,22,24). The summed E-state index contributed by atoms with van der Waals surface area (Å²) < 4.78 is 10.7. The molecule has 0 spiro atoms. The molecule has 0 bridgehead atoms. The van der Waals surface area contributed by atoms with Crippen molar-refractivity contribution in [1.82, 2.24) is 4.90 Å². The van der Waals surface area contributed by atoms with Gasteiger partial charge in [-0.05, 0) is 30.5 Å².